The Bertz CT molecular complexity index is 1200. The van der Waals surface area contributed by atoms with Gasteiger partial charge in [-0.15, -0.1) is 0 Å². The van der Waals surface area contributed by atoms with Crippen LogP contribution in [0.3, 0.4) is 0 Å². The summed E-state index contributed by atoms with van der Waals surface area (Å²) in [5.41, 5.74) is 3.98. The van der Waals surface area contributed by atoms with E-state index < -0.39 is 6.04 Å². The highest BCUT2D eigenvalue weighted by molar-refractivity contribution is 5.86. The summed E-state index contributed by atoms with van der Waals surface area (Å²) in [6, 6.07) is 13.3. The third-order valence-electron chi connectivity index (χ3n) is 6.03. The molecule has 0 radical (unpaired) electrons. The van der Waals surface area contributed by atoms with Crippen molar-refractivity contribution in [2.24, 2.45) is 0 Å². The molecule has 2 amide bonds. The van der Waals surface area contributed by atoms with Gasteiger partial charge >= 0.3 is 6.03 Å². The van der Waals surface area contributed by atoms with Crippen LogP contribution in [0.2, 0.25) is 0 Å². The van der Waals surface area contributed by atoms with Gasteiger partial charge in [0, 0.05) is 24.4 Å². The number of rotatable bonds is 9. The largest absolute Gasteiger partial charge is 0.379 e. The molecule has 7 nitrogen and oxygen atoms in total. The predicted octanol–water partition coefficient (Wildman–Crippen LogP) is 5.75. The lowest BCUT2D eigenvalue weighted by atomic mass is 9.94. The summed E-state index contributed by atoms with van der Waals surface area (Å²) in [4.78, 5) is 19.3. The third kappa shape index (κ3) is 5.59. The van der Waals surface area contributed by atoms with Crippen LogP contribution in [0.4, 0.5) is 9.18 Å². The molecule has 0 saturated carbocycles. The first-order valence-corrected chi connectivity index (χ1v) is 12.0. The highest BCUT2D eigenvalue weighted by Crippen LogP contribution is 2.37. The number of halogens is 1. The number of ether oxygens (including phenoxy) is 1. The van der Waals surface area contributed by atoms with E-state index in [9.17, 15) is 9.18 Å². The van der Waals surface area contributed by atoms with Gasteiger partial charge in [-0.25, -0.2) is 9.18 Å². The maximum Gasteiger partial charge on any atom is 0.322 e. The molecule has 2 heterocycles. The van der Waals surface area contributed by atoms with Crippen molar-refractivity contribution in [2.45, 2.75) is 52.7 Å². The number of aryl methyl sites for hydroxylation is 1. The number of nitrogens with one attached hydrogen (secondary N) is 1. The second-order valence-corrected chi connectivity index (χ2v) is 8.83. The van der Waals surface area contributed by atoms with Gasteiger partial charge < -0.3 is 14.6 Å². The van der Waals surface area contributed by atoms with Crippen LogP contribution in [0.1, 0.15) is 57.2 Å². The number of nitrogens with zero attached hydrogens (tertiary/aromatic N) is 3. The molecule has 0 fully saturated rings. The molecule has 0 spiro atoms. The lowest BCUT2D eigenvalue weighted by Gasteiger charge is -2.35. The van der Waals surface area contributed by atoms with E-state index in [0.29, 0.717) is 42.2 Å². The summed E-state index contributed by atoms with van der Waals surface area (Å²) in [7, 11) is 0. The summed E-state index contributed by atoms with van der Waals surface area (Å²) in [6.45, 7) is 8.90. The van der Waals surface area contributed by atoms with E-state index in [1.54, 1.807) is 17.0 Å². The van der Waals surface area contributed by atoms with E-state index in [2.05, 4.69) is 22.4 Å². The van der Waals surface area contributed by atoms with Crippen molar-refractivity contribution in [1.82, 2.24) is 20.4 Å². The van der Waals surface area contributed by atoms with Crippen LogP contribution in [0.15, 0.2) is 58.8 Å². The molecule has 3 aromatic rings. The Labute approximate surface area is 205 Å². The number of amides is 2. The highest BCUT2D eigenvalue weighted by Gasteiger charge is 2.35. The Morgan fingerprint density at radius 2 is 1.97 bits per heavy atom. The van der Waals surface area contributed by atoms with Gasteiger partial charge in [-0.1, -0.05) is 48.5 Å². The van der Waals surface area contributed by atoms with Gasteiger partial charge in [0.25, 0.3) is 5.89 Å². The summed E-state index contributed by atoms with van der Waals surface area (Å²) in [6.07, 6.45) is 1.73. The average Bonchev–Trinajstić information content (AvgIpc) is 3.32. The molecule has 0 saturated heterocycles. The van der Waals surface area contributed by atoms with Crippen LogP contribution in [-0.2, 0) is 11.2 Å². The smallest absolute Gasteiger partial charge is 0.322 e. The predicted molar refractivity (Wildman–Crippen MR) is 132 cm³/mol. The molecule has 1 aliphatic heterocycles. The van der Waals surface area contributed by atoms with Crippen molar-refractivity contribution in [3.8, 4) is 11.4 Å². The van der Waals surface area contributed by atoms with Gasteiger partial charge in [0.1, 0.15) is 5.82 Å². The highest BCUT2D eigenvalue weighted by atomic mass is 19.1. The fourth-order valence-electron chi connectivity index (χ4n) is 4.15. The van der Waals surface area contributed by atoms with E-state index in [1.807, 2.05) is 45.0 Å². The van der Waals surface area contributed by atoms with Crippen molar-refractivity contribution in [3.05, 3.63) is 77.1 Å². The summed E-state index contributed by atoms with van der Waals surface area (Å²) >= 11 is 0. The maximum atomic E-state index is 14.1. The number of carbonyl (C=O) groups excluding carboxylic acids is 1. The summed E-state index contributed by atoms with van der Waals surface area (Å²) in [5, 5.41) is 7.19. The Morgan fingerprint density at radius 3 is 2.66 bits per heavy atom. The zero-order chi connectivity index (χ0) is 24.9. The molecule has 0 bridgehead atoms. The van der Waals surface area contributed by atoms with Gasteiger partial charge in [0.05, 0.1) is 17.7 Å². The number of urea groups is 1. The lowest BCUT2D eigenvalue weighted by Crippen LogP contribution is -2.46. The second-order valence-electron chi connectivity index (χ2n) is 8.83. The molecule has 2 aromatic carbocycles. The van der Waals surface area contributed by atoms with Gasteiger partial charge in [-0.3, -0.25) is 4.90 Å². The van der Waals surface area contributed by atoms with Gasteiger partial charge in [0.15, 0.2) is 0 Å². The second kappa shape index (κ2) is 10.8. The molecule has 1 atom stereocenters. The van der Waals surface area contributed by atoms with Crippen LogP contribution in [0, 0.1) is 5.82 Å². The van der Waals surface area contributed by atoms with Crippen LogP contribution in [0.5, 0.6) is 0 Å². The number of benzene rings is 2. The third-order valence-corrected chi connectivity index (χ3v) is 6.03. The molecule has 1 unspecified atom stereocenters. The van der Waals surface area contributed by atoms with E-state index in [0.717, 1.165) is 12.0 Å². The number of carbonyl (C=O) groups is 1. The average molecular weight is 479 g/mol. The first-order chi connectivity index (χ1) is 16.9. The van der Waals surface area contributed by atoms with Crippen molar-refractivity contribution >= 4 is 11.6 Å². The van der Waals surface area contributed by atoms with E-state index in [-0.39, 0.29) is 23.8 Å². The molecule has 35 heavy (non-hydrogen) atoms. The van der Waals surface area contributed by atoms with Crippen LogP contribution < -0.4 is 5.32 Å². The molecule has 8 heteroatoms. The normalized spacial score (nSPS) is 16.2. The fourth-order valence-corrected chi connectivity index (χ4v) is 4.15. The van der Waals surface area contributed by atoms with E-state index >= 15 is 0 Å². The topological polar surface area (TPSA) is 80.5 Å². The van der Waals surface area contributed by atoms with Crippen LogP contribution in [0.25, 0.3) is 17.0 Å². The van der Waals surface area contributed by atoms with E-state index in [4.69, 9.17) is 9.26 Å². The molecular formula is C27H31FN4O3. The lowest BCUT2D eigenvalue weighted by molar-refractivity contribution is 0.0736. The summed E-state index contributed by atoms with van der Waals surface area (Å²) in [5.74, 6) is 0.355. The number of hydrogen-bond donors (Lipinski definition) is 1. The Morgan fingerprint density at radius 1 is 1.20 bits per heavy atom. The minimum absolute atomic E-state index is 0.123. The van der Waals surface area contributed by atoms with Gasteiger partial charge in [-0.2, -0.15) is 4.98 Å². The molecule has 1 N–H and O–H groups in total. The Balaban J connectivity index is 1.70. The van der Waals surface area contributed by atoms with Crippen molar-refractivity contribution in [3.63, 3.8) is 0 Å². The molecule has 184 valence electrons. The minimum atomic E-state index is -0.628. The standard InChI is InChI=1S/C27H31FN4O3/c1-5-19-10-12-20(13-11-19)25-30-26(35-31-25)23-18(4)32(14-7-15-34-17(2)3)27(33)29-24(23)21-8-6-9-22(28)16-21/h6,8-13,16-17,24H,5,7,14-15H2,1-4H3,(H,29,33). The van der Waals surface area contributed by atoms with Gasteiger partial charge in [-0.05, 0) is 56.9 Å². The van der Waals surface area contributed by atoms with E-state index in [1.165, 1.54) is 17.7 Å². The molecule has 4 rings (SSSR count). The Kier molecular flexibility index (Phi) is 7.60. The first-order valence-electron chi connectivity index (χ1n) is 12.0. The van der Waals surface area contributed by atoms with Crippen molar-refractivity contribution < 1.29 is 18.4 Å². The van der Waals surface area contributed by atoms with Crippen LogP contribution in [-0.4, -0.2) is 40.3 Å². The number of hydrogen-bond acceptors (Lipinski definition) is 5. The number of aromatic nitrogens is 2. The molecular weight excluding hydrogens is 447 g/mol. The van der Waals surface area contributed by atoms with Crippen LogP contribution >= 0.6 is 0 Å². The Hall–Kier alpha value is -3.52. The molecule has 1 aromatic heterocycles. The van der Waals surface area contributed by atoms with Gasteiger partial charge in [0.2, 0.25) is 5.82 Å². The number of allylic oxidation sites excluding steroid dienone is 1. The first kappa shape index (κ1) is 24.6. The zero-order valence-corrected chi connectivity index (χ0v) is 20.5. The molecule has 0 aliphatic carbocycles. The SMILES string of the molecule is CCc1ccc(-c2noc(C3=C(C)N(CCCOC(C)C)C(=O)NC3c3cccc(F)c3)n2)cc1. The quantitative estimate of drug-likeness (QED) is 0.396. The minimum Gasteiger partial charge on any atom is -0.379 e. The summed E-state index contributed by atoms with van der Waals surface area (Å²) < 4.78 is 25.4. The maximum absolute atomic E-state index is 14.1. The van der Waals surface area contributed by atoms with Crippen molar-refractivity contribution in [2.75, 3.05) is 13.2 Å². The monoisotopic (exact) mass is 478 g/mol. The molecule has 1 aliphatic rings. The zero-order valence-electron chi connectivity index (χ0n) is 20.5. The van der Waals surface area contributed by atoms with Crippen molar-refractivity contribution in [1.29, 1.82) is 0 Å². The fraction of sp³-hybridized carbons (Fsp3) is 0.370.